The lowest BCUT2D eigenvalue weighted by Crippen LogP contribution is -2.26. The molecule has 1 fully saturated rings. The molecular formula is C22H24N6O. The molecule has 4 aromatic rings. The number of anilines is 1. The molecule has 0 aliphatic carbocycles. The molecule has 0 radical (unpaired) electrons. The van der Waals surface area contributed by atoms with Crippen LogP contribution in [0, 0.1) is 6.92 Å². The second-order valence-corrected chi connectivity index (χ2v) is 7.88. The van der Waals surface area contributed by atoms with Gasteiger partial charge in [0.2, 0.25) is 0 Å². The number of carbonyl (C=O) groups excluding carboxylic acids is 1. The van der Waals surface area contributed by atoms with Gasteiger partial charge in [-0.2, -0.15) is 0 Å². The Balaban J connectivity index is 1.34. The number of nitrogens with zero attached hydrogens (tertiary/aromatic N) is 4. The SMILES string of the molecule is Cc1ncc2cc(C(=O)Nc3cc4[nH]c(CN5CCC[C@@H]5C)cc4cn3)ccn12. The lowest BCUT2D eigenvalue weighted by atomic mass is 10.2. The molecule has 1 atom stereocenters. The Morgan fingerprint density at radius 2 is 2.17 bits per heavy atom. The van der Waals surface area contributed by atoms with Crippen molar-refractivity contribution in [3.8, 4) is 0 Å². The third-order valence-electron chi connectivity index (χ3n) is 5.84. The molecule has 4 aromatic heterocycles. The molecule has 0 saturated carbocycles. The lowest BCUT2D eigenvalue weighted by molar-refractivity contribution is 0.102. The van der Waals surface area contributed by atoms with Gasteiger partial charge in [0.25, 0.3) is 5.91 Å². The van der Waals surface area contributed by atoms with E-state index in [4.69, 9.17) is 0 Å². The van der Waals surface area contributed by atoms with Crippen LogP contribution in [0.1, 0.15) is 41.6 Å². The molecule has 1 amide bonds. The molecule has 1 saturated heterocycles. The molecule has 7 nitrogen and oxygen atoms in total. The Hall–Kier alpha value is -3.19. The zero-order valence-corrected chi connectivity index (χ0v) is 16.6. The van der Waals surface area contributed by atoms with Gasteiger partial charge in [-0.25, -0.2) is 9.97 Å². The number of pyridine rings is 2. The number of hydrogen-bond acceptors (Lipinski definition) is 4. The Morgan fingerprint density at radius 1 is 1.28 bits per heavy atom. The van der Waals surface area contributed by atoms with E-state index in [1.54, 1.807) is 12.3 Å². The molecular weight excluding hydrogens is 364 g/mol. The minimum atomic E-state index is -0.184. The monoisotopic (exact) mass is 388 g/mol. The predicted molar refractivity (Wildman–Crippen MR) is 113 cm³/mol. The fourth-order valence-electron chi connectivity index (χ4n) is 4.15. The number of likely N-dealkylation sites (tertiary alicyclic amines) is 1. The standard InChI is InChI=1S/C22H24N6O/c1-14-4-3-6-27(14)13-18-8-17-11-24-21(10-20(17)25-18)26-22(29)16-5-7-28-15(2)23-12-19(28)9-16/h5,7-12,14,25H,3-4,6,13H2,1-2H3,(H,24,26,29)/t14-/m0/s1. The first-order chi connectivity index (χ1) is 14.1. The summed E-state index contributed by atoms with van der Waals surface area (Å²) in [5.74, 6) is 1.25. The second kappa shape index (κ2) is 7.00. The van der Waals surface area contributed by atoms with Crippen molar-refractivity contribution in [1.29, 1.82) is 0 Å². The van der Waals surface area contributed by atoms with Crippen molar-refractivity contribution in [2.75, 3.05) is 11.9 Å². The number of amides is 1. The van der Waals surface area contributed by atoms with Crippen molar-refractivity contribution >= 4 is 28.1 Å². The van der Waals surface area contributed by atoms with Crippen molar-refractivity contribution < 1.29 is 4.79 Å². The summed E-state index contributed by atoms with van der Waals surface area (Å²) in [5, 5.41) is 3.96. The summed E-state index contributed by atoms with van der Waals surface area (Å²) in [5.41, 5.74) is 3.64. The maximum Gasteiger partial charge on any atom is 0.256 e. The van der Waals surface area contributed by atoms with E-state index >= 15 is 0 Å². The van der Waals surface area contributed by atoms with Crippen molar-refractivity contribution in [2.45, 2.75) is 39.3 Å². The number of aryl methyl sites for hydroxylation is 1. The van der Waals surface area contributed by atoms with E-state index in [1.807, 2.05) is 35.9 Å². The maximum absolute atomic E-state index is 12.7. The minimum Gasteiger partial charge on any atom is -0.357 e. The average Bonchev–Trinajstić information content (AvgIpc) is 3.41. The summed E-state index contributed by atoms with van der Waals surface area (Å²) < 4.78 is 1.95. The van der Waals surface area contributed by atoms with Crippen LogP contribution in [0.15, 0.2) is 42.9 Å². The number of aromatic amines is 1. The summed E-state index contributed by atoms with van der Waals surface area (Å²) in [6.07, 6.45) is 7.96. The van der Waals surface area contributed by atoms with Gasteiger partial charge < -0.3 is 14.7 Å². The molecule has 7 heteroatoms. The average molecular weight is 388 g/mol. The number of carbonyl (C=O) groups is 1. The number of imidazole rings is 1. The second-order valence-electron chi connectivity index (χ2n) is 7.88. The van der Waals surface area contributed by atoms with E-state index in [0.29, 0.717) is 17.4 Å². The number of nitrogens with one attached hydrogen (secondary N) is 2. The summed E-state index contributed by atoms with van der Waals surface area (Å²) in [6.45, 7) is 6.29. The Bertz CT molecular complexity index is 1210. The number of aromatic nitrogens is 4. The van der Waals surface area contributed by atoms with Crippen molar-refractivity contribution in [2.24, 2.45) is 0 Å². The molecule has 0 spiro atoms. The molecule has 0 aromatic carbocycles. The quantitative estimate of drug-likeness (QED) is 0.558. The molecule has 1 aliphatic heterocycles. The van der Waals surface area contributed by atoms with Crippen LogP contribution < -0.4 is 5.32 Å². The normalized spacial score (nSPS) is 17.4. The van der Waals surface area contributed by atoms with Crippen molar-refractivity contribution in [3.05, 3.63) is 59.9 Å². The zero-order valence-electron chi connectivity index (χ0n) is 16.6. The molecule has 2 N–H and O–H groups in total. The zero-order chi connectivity index (χ0) is 20.0. The first kappa shape index (κ1) is 17.9. The van der Waals surface area contributed by atoms with Crippen molar-refractivity contribution in [3.63, 3.8) is 0 Å². The van der Waals surface area contributed by atoms with Gasteiger partial charge in [-0.15, -0.1) is 0 Å². The lowest BCUT2D eigenvalue weighted by Gasteiger charge is -2.19. The van der Waals surface area contributed by atoms with Gasteiger partial charge in [-0.3, -0.25) is 9.69 Å². The van der Waals surface area contributed by atoms with Gasteiger partial charge in [0, 0.05) is 47.7 Å². The van der Waals surface area contributed by atoms with Gasteiger partial charge in [-0.1, -0.05) is 0 Å². The van der Waals surface area contributed by atoms with Gasteiger partial charge >= 0.3 is 0 Å². The van der Waals surface area contributed by atoms with Crippen LogP contribution in [0.5, 0.6) is 0 Å². The first-order valence-electron chi connectivity index (χ1n) is 10.0. The van der Waals surface area contributed by atoms with Crippen LogP contribution in [0.25, 0.3) is 16.4 Å². The van der Waals surface area contributed by atoms with E-state index in [1.165, 1.54) is 18.5 Å². The van der Waals surface area contributed by atoms with Gasteiger partial charge in [0.1, 0.15) is 11.6 Å². The Morgan fingerprint density at radius 3 is 3.00 bits per heavy atom. The summed E-state index contributed by atoms with van der Waals surface area (Å²) >= 11 is 0. The van der Waals surface area contributed by atoms with E-state index < -0.39 is 0 Å². The number of H-pyrrole nitrogens is 1. The summed E-state index contributed by atoms with van der Waals surface area (Å²) in [6, 6.07) is 8.30. The molecule has 0 bridgehead atoms. The fourth-order valence-corrected chi connectivity index (χ4v) is 4.15. The van der Waals surface area contributed by atoms with Crippen LogP contribution in [0.3, 0.4) is 0 Å². The largest absolute Gasteiger partial charge is 0.357 e. The van der Waals surface area contributed by atoms with E-state index in [0.717, 1.165) is 35.3 Å². The van der Waals surface area contributed by atoms with Crippen LogP contribution in [-0.4, -0.2) is 42.7 Å². The highest BCUT2D eigenvalue weighted by molar-refractivity contribution is 6.05. The molecule has 0 unspecified atom stereocenters. The highest BCUT2D eigenvalue weighted by Gasteiger charge is 2.20. The van der Waals surface area contributed by atoms with E-state index in [-0.39, 0.29) is 5.91 Å². The predicted octanol–water partition coefficient (Wildman–Crippen LogP) is 3.76. The highest BCUT2D eigenvalue weighted by atomic mass is 16.1. The first-order valence-corrected chi connectivity index (χ1v) is 10.0. The van der Waals surface area contributed by atoms with Crippen LogP contribution in [0.2, 0.25) is 0 Å². The van der Waals surface area contributed by atoms with Crippen LogP contribution in [-0.2, 0) is 6.54 Å². The molecule has 1 aliphatic rings. The fraction of sp³-hybridized carbons (Fsp3) is 0.318. The van der Waals surface area contributed by atoms with Crippen LogP contribution in [0.4, 0.5) is 5.82 Å². The van der Waals surface area contributed by atoms with Crippen LogP contribution >= 0.6 is 0 Å². The topological polar surface area (TPSA) is 78.3 Å². The van der Waals surface area contributed by atoms with Crippen molar-refractivity contribution in [1.82, 2.24) is 24.3 Å². The summed E-state index contributed by atoms with van der Waals surface area (Å²) in [4.78, 5) is 27.3. The van der Waals surface area contributed by atoms with Gasteiger partial charge in [0.05, 0.1) is 17.2 Å². The van der Waals surface area contributed by atoms with Gasteiger partial charge in [0.15, 0.2) is 0 Å². The summed E-state index contributed by atoms with van der Waals surface area (Å²) in [7, 11) is 0. The Kier molecular flexibility index (Phi) is 4.32. The molecule has 148 valence electrons. The number of fused-ring (bicyclic) bond motifs is 2. The van der Waals surface area contributed by atoms with Gasteiger partial charge in [-0.05, 0) is 51.4 Å². The van der Waals surface area contributed by atoms with E-state index in [2.05, 4.69) is 38.2 Å². The third kappa shape index (κ3) is 3.38. The highest BCUT2D eigenvalue weighted by Crippen LogP contribution is 2.23. The number of hydrogen-bond donors (Lipinski definition) is 2. The van der Waals surface area contributed by atoms with E-state index in [9.17, 15) is 4.79 Å². The Labute approximate surface area is 168 Å². The smallest absolute Gasteiger partial charge is 0.256 e. The third-order valence-corrected chi connectivity index (χ3v) is 5.84. The minimum absolute atomic E-state index is 0.184. The maximum atomic E-state index is 12.7. The molecule has 5 rings (SSSR count). The molecule has 29 heavy (non-hydrogen) atoms. The number of rotatable bonds is 4. The molecule has 5 heterocycles.